The molecule has 1 aromatic heterocycles. The van der Waals surface area contributed by atoms with E-state index in [1.807, 2.05) is 0 Å². The summed E-state index contributed by atoms with van der Waals surface area (Å²) in [6, 6.07) is 7.76. The number of carbonyl (C=O) groups is 2. The van der Waals surface area contributed by atoms with E-state index >= 15 is 0 Å². The van der Waals surface area contributed by atoms with Gasteiger partial charge in [0.1, 0.15) is 0 Å². The van der Waals surface area contributed by atoms with E-state index in [9.17, 15) is 14.4 Å². The number of nitrogens with one attached hydrogen (secondary N) is 1. The number of methoxy groups -OCH3 is 1. The van der Waals surface area contributed by atoms with E-state index < -0.39 is 5.97 Å². The Labute approximate surface area is 141 Å². The van der Waals surface area contributed by atoms with Gasteiger partial charge in [-0.2, -0.15) is 0 Å². The highest BCUT2D eigenvalue weighted by Crippen LogP contribution is 2.16. The number of benzene rings is 1. The van der Waals surface area contributed by atoms with Crippen molar-refractivity contribution in [2.75, 3.05) is 12.9 Å². The van der Waals surface area contributed by atoms with Crippen molar-refractivity contribution in [1.82, 2.24) is 9.97 Å². The first kappa shape index (κ1) is 17.2. The average Bonchev–Trinajstić information content (AvgIpc) is 2.52. The number of aromatic amines is 1. The van der Waals surface area contributed by atoms with Crippen LogP contribution in [0.15, 0.2) is 40.3 Å². The van der Waals surface area contributed by atoms with Crippen molar-refractivity contribution in [1.29, 1.82) is 0 Å². The highest BCUT2D eigenvalue weighted by atomic mass is 35.5. The molecule has 1 N–H and O–H groups in total. The number of ether oxygens (including phenoxy) is 1. The predicted octanol–water partition coefficient (Wildman–Crippen LogP) is 2.11. The van der Waals surface area contributed by atoms with Crippen molar-refractivity contribution in [3.05, 3.63) is 57.0 Å². The number of aromatic nitrogens is 2. The highest BCUT2D eigenvalue weighted by molar-refractivity contribution is 7.99. The number of hydrogen-bond donors (Lipinski definition) is 1. The lowest BCUT2D eigenvalue weighted by atomic mass is 10.1. The maximum Gasteiger partial charge on any atom is 0.311 e. The van der Waals surface area contributed by atoms with Crippen molar-refractivity contribution in [2.45, 2.75) is 11.6 Å². The molecule has 1 aromatic carbocycles. The molecule has 120 valence electrons. The van der Waals surface area contributed by atoms with Gasteiger partial charge >= 0.3 is 5.97 Å². The lowest BCUT2D eigenvalue weighted by Crippen LogP contribution is -2.14. The Morgan fingerprint density at radius 1 is 1.30 bits per heavy atom. The van der Waals surface area contributed by atoms with Crippen LogP contribution in [0, 0.1) is 0 Å². The normalized spacial score (nSPS) is 10.3. The maximum absolute atomic E-state index is 12.1. The van der Waals surface area contributed by atoms with Crippen LogP contribution in [0.2, 0.25) is 5.02 Å². The summed E-state index contributed by atoms with van der Waals surface area (Å²) < 4.78 is 4.54. The molecule has 2 rings (SSSR count). The Morgan fingerprint density at radius 2 is 2.00 bits per heavy atom. The number of esters is 1. The van der Waals surface area contributed by atoms with E-state index in [-0.39, 0.29) is 28.7 Å². The number of ketones is 1. The molecule has 0 aliphatic heterocycles. The Balaban J connectivity index is 2.05. The zero-order chi connectivity index (χ0) is 16.8. The monoisotopic (exact) mass is 352 g/mol. The summed E-state index contributed by atoms with van der Waals surface area (Å²) in [5.74, 6) is -0.504. The van der Waals surface area contributed by atoms with Crippen LogP contribution in [-0.2, 0) is 16.0 Å². The Bertz CT molecular complexity index is 774. The van der Waals surface area contributed by atoms with Crippen LogP contribution >= 0.6 is 23.4 Å². The molecule has 0 unspecified atom stereocenters. The molecule has 2 aromatic rings. The summed E-state index contributed by atoms with van der Waals surface area (Å²) in [5.41, 5.74) is 0.428. The first-order valence-electron chi connectivity index (χ1n) is 6.56. The molecule has 0 amide bonds. The van der Waals surface area contributed by atoms with E-state index in [4.69, 9.17) is 11.6 Å². The molecule has 0 aliphatic carbocycles. The third-order valence-electron chi connectivity index (χ3n) is 2.83. The van der Waals surface area contributed by atoms with E-state index in [1.165, 1.54) is 13.2 Å². The van der Waals surface area contributed by atoms with Crippen LogP contribution < -0.4 is 5.56 Å². The fraction of sp³-hybridized carbons (Fsp3) is 0.200. The van der Waals surface area contributed by atoms with Crippen LogP contribution in [-0.4, -0.2) is 34.6 Å². The van der Waals surface area contributed by atoms with Crippen molar-refractivity contribution in [2.24, 2.45) is 0 Å². The molecular weight excluding hydrogens is 340 g/mol. The van der Waals surface area contributed by atoms with Crippen molar-refractivity contribution >= 4 is 35.1 Å². The summed E-state index contributed by atoms with van der Waals surface area (Å²) in [7, 11) is 1.26. The van der Waals surface area contributed by atoms with E-state index in [2.05, 4.69) is 14.7 Å². The summed E-state index contributed by atoms with van der Waals surface area (Å²) in [6.45, 7) is 0. The third kappa shape index (κ3) is 5.22. The molecule has 8 heteroatoms. The second kappa shape index (κ2) is 7.94. The van der Waals surface area contributed by atoms with Gasteiger partial charge in [0.2, 0.25) is 0 Å². The van der Waals surface area contributed by atoms with Crippen LogP contribution in [0.25, 0.3) is 0 Å². The number of hydrogen-bond acceptors (Lipinski definition) is 6. The van der Waals surface area contributed by atoms with Gasteiger partial charge in [-0.25, -0.2) is 4.98 Å². The summed E-state index contributed by atoms with van der Waals surface area (Å²) in [4.78, 5) is 41.5. The molecule has 0 radical (unpaired) electrons. The lowest BCUT2D eigenvalue weighted by molar-refractivity contribution is -0.139. The minimum absolute atomic E-state index is 0.0981. The van der Waals surface area contributed by atoms with Gasteiger partial charge in [-0.1, -0.05) is 23.4 Å². The van der Waals surface area contributed by atoms with Crippen LogP contribution in [0.3, 0.4) is 0 Å². The number of nitrogens with zero attached hydrogens (tertiary/aromatic N) is 1. The quantitative estimate of drug-likeness (QED) is 0.371. The smallest absolute Gasteiger partial charge is 0.311 e. The Hall–Kier alpha value is -2.12. The molecule has 0 aliphatic rings. The zero-order valence-corrected chi connectivity index (χ0v) is 13.7. The minimum Gasteiger partial charge on any atom is -0.469 e. The number of rotatable bonds is 6. The van der Waals surface area contributed by atoms with Crippen LogP contribution in [0.4, 0.5) is 0 Å². The van der Waals surface area contributed by atoms with Crippen molar-refractivity contribution in [3.8, 4) is 0 Å². The average molecular weight is 353 g/mol. The zero-order valence-electron chi connectivity index (χ0n) is 12.2. The first-order chi connectivity index (χ1) is 11.0. The number of halogens is 1. The molecule has 23 heavy (non-hydrogen) atoms. The maximum atomic E-state index is 12.1. The first-order valence-corrected chi connectivity index (χ1v) is 7.93. The van der Waals surface area contributed by atoms with Gasteiger partial charge in [0.25, 0.3) is 5.56 Å². The van der Waals surface area contributed by atoms with Gasteiger partial charge < -0.3 is 9.72 Å². The van der Waals surface area contributed by atoms with Crippen molar-refractivity contribution in [3.63, 3.8) is 0 Å². The van der Waals surface area contributed by atoms with E-state index in [1.54, 1.807) is 24.3 Å². The SMILES string of the molecule is COC(=O)Cc1cc(=O)[nH]c(SCC(=O)c2ccc(Cl)cc2)n1. The van der Waals surface area contributed by atoms with Gasteiger partial charge in [-0.3, -0.25) is 14.4 Å². The number of H-pyrrole nitrogens is 1. The second-order valence-corrected chi connectivity index (χ2v) is 5.91. The molecule has 0 atom stereocenters. The van der Waals surface area contributed by atoms with Crippen molar-refractivity contribution < 1.29 is 14.3 Å². The Morgan fingerprint density at radius 3 is 2.65 bits per heavy atom. The third-order valence-corrected chi connectivity index (χ3v) is 3.96. The fourth-order valence-corrected chi connectivity index (χ4v) is 2.63. The fourth-order valence-electron chi connectivity index (χ4n) is 1.72. The number of Topliss-reactive ketones (excluding diaryl/α,β-unsaturated/α-hetero) is 1. The molecule has 0 saturated heterocycles. The minimum atomic E-state index is -0.490. The number of carbonyl (C=O) groups excluding carboxylic acids is 2. The highest BCUT2D eigenvalue weighted by Gasteiger charge is 2.11. The standard InChI is InChI=1S/C15H13ClN2O4S/c1-22-14(21)7-11-6-13(20)18-15(17-11)23-8-12(19)9-2-4-10(16)5-3-9/h2-6H,7-8H2,1H3,(H,17,18,20). The van der Waals surface area contributed by atoms with Gasteiger partial charge in [-0.05, 0) is 24.3 Å². The summed E-state index contributed by atoms with van der Waals surface area (Å²) in [5, 5.41) is 0.828. The molecule has 0 saturated carbocycles. The van der Waals surface area contributed by atoms with Crippen LogP contribution in [0.5, 0.6) is 0 Å². The molecule has 0 bridgehead atoms. The summed E-state index contributed by atoms with van der Waals surface area (Å²) >= 11 is 6.86. The van der Waals surface area contributed by atoms with Gasteiger partial charge in [-0.15, -0.1) is 0 Å². The molecule has 0 spiro atoms. The molecule has 0 fully saturated rings. The van der Waals surface area contributed by atoms with Gasteiger partial charge in [0.15, 0.2) is 10.9 Å². The van der Waals surface area contributed by atoms with Crippen LogP contribution in [0.1, 0.15) is 16.1 Å². The van der Waals surface area contributed by atoms with E-state index in [0.29, 0.717) is 16.3 Å². The van der Waals surface area contributed by atoms with E-state index in [0.717, 1.165) is 11.8 Å². The molecule has 6 nitrogen and oxygen atoms in total. The second-order valence-electron chi connectivity index (χ2n) is 4.51. The Kier molecular flexibility index (Phi) is 5.95. The largest absolute Gasteiger partial charge is 0.469 e. The summed E-state index contributed by atoms with van der Waals surface area (Å²) in [6.07, 6.45) is -0.0981. The lowest BCUT2D eigenvalue weighted by Gasteiger charge is -2.04. The van der Waals surface area contributed by atoms with Gasteiger partial charge in [0, 0.05) is 16.7 Å². The number of thioether (sulfide) groups is 1. The molecular formula is C15H13ClN2O4S. The van der Waals surface area contributed by atoms with Gasteiger partial charge in [0.05, 0.1) is 25.0 Å². The predicted molar refractivity (Wildman–Crippen MR) is 87.1 cm³/mol. The topological polar surface area (TPSA) is 89.1 Å². The molecule has 1 heterocycles.